The summed E-state index contributed by atoms with van der Waals surface area (Å²) in [5.74, 6) is -0.287. The molecule has 21 heavy (non-hydrogen) atoms. The maximum Gasteiger partial charge on any atom is 0.417 e. The average Bonchev–Trinajstić information content (AvgIpc) is 2.35. The molecule has 0 atom stereocenters. The summed E-state index contributed by atoms with van der Waals surface area (Å²) in [5.41, 5.74) is -1.22. The summed E-state index contributed by atoms with van der Waals surface area (Å²) in [7, 11) is 1.52. The summed E-state index contributed by atoms with van der Waals surface area (Å²) in [5, 5.41) is 11.4. The molecule has 1 rings (SSSR count). The van der Waals surface area contributed by atoms with E-state index in [1.165, 1.54) is 24.1 Å². The molecule has 4 nitrogen and oxygen atoms in total. The fourth-order valence-corrected chi connectivity index (χ4v) is 1.78. The number of hydrogen-bond acceptors (Lipinski definition) is 3. The van der Waals surface area contributed by atoms with E-state index >= 15 is 0 Å². The average molecular weight is 299 g/mol. The van der Waals surface area contributed by atoms with Gasteiger partial charge in [0.25, 0.3) is 0 Å². The van der Waals surface area contributed by atoms with E-state index in [4.69, 9.17) is 5.26 Å². The molecule has 1 aromatic rings. The summed E-state index contributed by atoms with van der Waals surface area (Å²) in [4.78, 5) is 13.0. The molecule has 0 aliphatic heterocycles. The molecule has 0 radical (unpaired) electrons. The fraction of sp³-hybridized carbons (Fsp3) is 0.429. The van der Waals surface area contributed by atoms with E-state index in [0.29, 0.717) is 0 Å². The largest absolute Gasteiger partial charge is 0.417 e. The maximum absolute atomic E-state index is 12.9. The van der Waals surface area contributed by atoms with Crippen molar-refractivity contribution < 1.29 is 18.0 Å². The number of nitrogens with zero attached hydrogens (tertiary/aromatic N) is 2. The van der Waals surface area contributed by atoms with Crippen LogP contribution in [0.1, 0.15) is 25.0 Å². The number of hydrogen-bond donors (Lipinski definition) is 1. The lowest BCUT2D eigenvalue weighted by Crippen LogP contribution is -2.38. The van der Waals surface area contributed by atoms with Crippen molar-refractivity contribution in [1.29, 1.82) is 5.26 Å². The Labute approximate surface area is 121 Å². The number of anilines is 1. The topological polar surface area (TPSA) is 56.1 Å². The lowest BCUT2D eigenvalue weighted by atomic mass is 10.1. The molecule has 7 heteroatoms. The van der Waals surface area contributed by atoms with Crippen molar-refractivity contribution >= 4 is 11.6 Å². The van der Waals surface area contributed by atoms with Gasteiger partial charge in [0.1, 0.15) is 0 Å². The van der Waals surface area contributed by atoms with Crippen LogP contribution in [0.3, 0.4) is 0 Å². The summed E-state index contributed by atoms with van der Waals surface area (Å²) >= 11 is 0. The SMILES string of the molecule is CC(C)NC(=O)CN(C)c1ccc(C#N)c(C(F)(F)F)c1. The Bertz CT molecular complexity index is 562. The Kier molecular flexibility index (Phi) is 5.19. The fourth-order valence-electron chi connectivity index (χ4n) is 1.78. The molecule has 0 fully saturated rings. The molecule has 0 bridgehead atoms. The number of amides is 1. The van der Waals surface area contributed by atoms with Crippen LogP contribution >= 0.6 is 0 Å². The van der Waals surface area contributed by atoms with Crippen molar-refractivity contribution in [2.24, 2.45) is 0 Å². The molecule has 0 aliphatic rings. The van der Waals surface area contributed by atoms with Crippen LogP contribution in [0.4, 0.5) is 18.9 Å². The number of alkyl halides is 3. The lowest BCUT2D eigenvalue weighted by molar-refractivity contribution is -0.137. The van der Waals surface area contributed by atoms with Gasteiger partial charge >= 0.3 is 6.18 Å². The van der Waals surface area contributed by atoms with Crippen molar-refractivity contribution in [2.45, 2.75) is 26.1 Å². The minimum atomic E-state index is -4.61. The first kappa shape index (κ1) is 16.8. The second kappa shape index (κ2) is 6.48. The van der Waals surface area contributed by atoms with Gasteiger partial charge in [0.2, 0.25) is 5.91 Å². The van der Waals surface area contributed by atoms with Gasteiger partial charge < -0.3 is 10.2 Å². The zero-order valence-electron chi connectivity index (χ0n) is 12.0. The van der Waals surface area contributed by atoms with Crippen LogP contribution in [-0.2, 0) is 11.0 Å². The van der Waals surface area contributed by atoms with Crippen LogP contribution < -0.4 is 10.2 Å². The molecule has 0 unspecified atom stereocenters. The van der Waals surface area contributed by atoms with Crippen LogP contribution in [0, 0.1) is 11.3 Å². The van der Waals surface area contributed by atoms with Crippen LogP contribution in [0.2, 0.25) is 0 Å². The number of carbonyl (C=O) groups is 1. The van der Waals surface area contributed by atoms with Gasteiger partial charge in [-0.25, -0.2) is 0 Å². The molecule has 1 amide bonds. The Morgan fingerprint density at radius 3 is 2.52 bits per heavy atom. The van der Waals surface area contributed by atoms with Crippen LogP contribution in [0.15, 0.2) is 18.2 Å². The van der Waals surface area contributed by atoms with Gasteiger partial charge in [0, 0.05) is 18.8 Å². The highest BCUT2D eigenvalue weighted by Crippen LogP contribution is 2.34. The van der Waals surface area contributed by atoms with Gasteiger partial charge in [-0.3, -0.25) is 4.79 Å². The van der Waals surface area contributed by atoms with Crippen LogP contribution in [0.25, 0.3) is 0 Å². The molecule has 0 saturated heterocycles. The second-order valence-corrected chi connectivity index (χ2v) is 4.92. The monoisotopic (exact) mass is 299 g/mol. The van der Waals surface area contributed by atoms with E-state index in [1.807, 2.05) is 0 Å². The number of likely N-dealkylation sites (N-methyl/N-ethyl adjacent to an activating group) is 1. The van der Waals surface area contributed by atoms with Crippen molar-refractivity contribution in [3.63, 3.8) is 0 Å². The first-order chi connectivity index (χ1) is 9.65. The van der Waals surface area contributed by atoms with Crippen molar-refractivity contribution in [3.05, 3.63) is 29.3 Å². The molecule has 114 valence electrons. The highest BCUT2D eigenvalue weighted by Gasteiger charge is 2.34. The number of halogens is 3. The zero-order chi connectivity index (χ0) is 16.2. The van der Waals surface area contributed by atoms with Crippen molar-refractivity contribution in [2.75, 3.05) is 18.5 Å². The third-order valence-corrected chi connectivity index (χ3v) is 2.70. The smallest absolute Gasteiger partial charge is 0.365 e. The van der Waals surface area contributed by atoms with E-state index in [9.17, 15) is 18.0 Å². The van der Waals surface area contributed by atoms with Gasteiger partial charge in [-0.1, -0.05) is 0 Å². The van der Waals surface area contributed by atoms with Crippen LogP contribution in [-0.4, -0.2) is 25.5 Å². The number of carbonyl (C=O) groups excluding carboxylic acids is 1. The third kappa shape index (κ3) is 4.67. The van der Waals surface area contributed by atoms with Crippen LogP contribution in [0.5, 0.6) is 0 Å². The summed E-state index contributed by atoms with van der Waals surface area (Å²) in [6.45, 7) is 3.52. The molecule has 0 aliphatic carbocycles. The minimum absolute atomic E-state index is 0.0439. The van der Waals surface area contributed by atoms with Gasteiger partial charge in [-0.05, 0) is 32.0 Å². The van der Waals surface area contributed by atoms with E-state index in [0.717, 1.165) is 12.1 Å². The molecule has 0 saturated carbocycles. The van der Waals surface area contributed by atoms with E-state index in [1.54, 1.807) is 13.8 Å². The summed E-state index contributed by atoms with van der Waals surface area (Å²) < 4.78 is 38.6. The van der Waals surface area contributed by atoms with E-state index in [-0.39, 0.29) is 24.2 Å². The van der Waals surface area contributed by atoms with Crippen molar-refractivity contribution in [3.8, 4) is 6.07 Å². The second-order valence-electron chi connectivity index (χ2n) is 4.92. The first-order valence-electron chi connectivity index (χ1n) is 6.27. The Hall–Kier alpha value is -2.23. The minimum Gasteiger partial charge on any atom is -0.365 e. The Balaban J connectivity index is 2.99. The Morgan fingerprint density at radius 1 is 1.43 bits per heavy atom. The Morgan fingerprint density at radius 2 is 2.05 bits per heavy atom. The van der Waals surface area contributed by atoms with Gasteiger partial charge in [0.05, 0.1) is 23.7 Å². The molecule has 0 heterocycles. The maximum atomic E-state index is 12.9. The predicted molar refractivity (Wildman–Crippen MR) is 72.7 cm³/mol. The quantitative estimate of drug-likeness (QED) is 0.929. The highest BCUT2D eigenvalue weighted by atomic mass is 19.4. The van der Waals surface area contributed by atoms with Gasteiger partial charge in [-0.15, -0.1) is 0 Å². The molecular weight excluding hydrogens is 283 g/mol. The number of benzene rings is 1. The zero-order valence-corrected chi connectivity index (χ0v) is 12.0. The predicted octanol–water partition coefficient (Wildman–Crippen LogP) is 2.54. The number of nitrogens with one attached hydrogen (secondary N) is 1. The van der Waals surface area contributed by atoms with Gasteiger partial charge in [0.15, 0.2) is 0 Å². The number of nitriles is 1. The molecule has 1 aromatic carbocycles. The lowest BCUT2D eigenvalue weighted by Gasteiger charge is -2.21. The first-order valence-corrected chi connectivity index (χ1v) is 6.27. The summed E-state index contributed by atoms with van der Waals surface area (Å²) in [6, 6.07) is 4.84. The normalized spacial score (nSPS) is 11.1. The molecular formula is C14H16F3N3O. The van der Waals surface area contributed by atoms with Gasteiger partial charge in [-0.2, -0.15) is 18.4 Å². The highest BCUT2D eigenvalue weighted by molar-refractivity contribution is 5.81. The van der Waals surface area contributed by atoms with E-state index in [2.05, 4.69) is 5.32 Å². The standard InChI is InChI=1S/C14H16F3N3O/c1-9(2)19-13(21)8-20(3)11-5-4-10(7-18)12(6-11)14(15,16)17/h4-6,9H,8H2,1-3H3,(H,19,21). The molecule has 0 spiro atoms. The summed E-state index contributed by atoms with van der Waals surface area (Å²) in [6.07, 6.45) is -4.61. The molecule has 0 aromatic heterocycles. The third-order valence-electron chi connectivity index (χ3n) is 2.70. The number of rotatable bonds is 4. The van der Waals surface area contributed by atoms with Crippen molar-refractivity contribution in [1.82, 2.24) is 5.32 Å². The molecule has 1 N–H and O–H groups in total. The van der Waals surface area contributed by atoms with E-state index < -0.39 is 17.3 Å².